The van der Waals surface area contributed by atoms with Crippen LogP contribution in [-0.2, 0) is 4.79 Å². The average Bonchev–Trinajstić information content (AvgIpc) is 2.07. The van der Waals surface area contributed by atoms with Crippen molar-refractivity contribution in [2.24, 2.45) is 0 Å². The van der Waals surface area contributed by atoms with Crippen molar-refractivity contribution >= 4 is 5.91 Å². The lowest BCUT2D eigenvalue weighted by Gasteiger charge is -2.53. The molecule has 1 aliphatic rings. The average molecular weight is 240 g/mol. The highest BCUT2D eigenvalue weighted by atomic mass is 16.2. The molecule has 2 atom stereocenters. The predicted octanol–water partition coefficient (Wildman–Crippen LogP) is 2.50. The van der Waals surface area contributed by atoms with E-state index in [9.17, 15) is 4.79 Å². The molecule has 0 radical (unpaired) electrons. The number of hydrogen-bond donors (Lipinski definition) is 0. The molecule has 0 bridgehead atoms. The summed E-state index contributed by atoms with van der Waals surface area (Å²) >= 11 is 0. The summed E-state index contributed by atoms with van der Waals surface area (Å²) in [6, 6.07) is 0.375. The van der Waals surface area contributed by atoms with Gasteiger partial charge in [-0.05, 0) is 55.4 Å². The van der Waals surface area contributed by atoms with Crippen molar-refractivity contribution in [1.29, 1.82) is 0 Å². The summed E-state index contributed by atoms with van der Waals surface area (Å²) < 4.78 is 0. The van der Waals surface area contributed by atoms with Crippen LogP contribution in [0.25, 0.3) is 0 Å². The molecule has 0 aromatic carbocycles. The molecule has 0 saturated carbocycles. The van der Waals surface area contributed by atoms with Crippen LogP contribution < -0.4 is 0 Å². The summed E-state index contributed by atoms with van der Waals surface area (Å²) in [5.74, 6) is 0.255. The van der Waals surface area contributed by atoms with Crippen molar-refractivity contribution in [3.8, 4) is 0 Å². The number of hydrogen-bond acceptors (Lipinski definition) is 2. The Hall–Kier alpha value is -0.570. The molecular formula is C14H28N2O. The number of nitrogens with zero attached hydrogens (tertiary/aromatic N) is 2. The van der Waals surface area contributed by atoms with Gasteiger partial charge in [-0.2, -0.15) is 0 Å². The molecule has 2 unspecified atom stereocenters. The second-order valence-electron chi connectivity index (χ2n) is 7.22. The first-order chi connectivity index (χ1) is 7.46. The van der Waals surface area contributed by atoms with Crippen molar-refractivity contribution < 1.29 is 4.79 Å². The molecule has 0 spiro atoms. The van der Waals surface area contributed by atoms with Crippen LogP contribution in [0.2, 0.25) is 0 Å². The predicted molar refractivity (Wildman–Crippen MR) is 72.0 cm³/mol. The van der Waals surface area contributed by atoms with Gasteiger partial charge in [-0.1, -0.05) is 0 Å². The largest absolute Gasteiger partial charge is 0.335 e. The molecule has 100 valence electrons. The number of piperazine rings is 1. The molecule has 17 heavy (non-hydrogen) atoms. The van der Waals surface area contributed by atoms with E-state index in [2.05, 4.69) is 53.4 Å². The lowest BCUT2D eigenvalue weighted by Crippen LogP contribution is -2.67. The highest BCUT2D eigenvalue weighted by molar-refractivity contribution is 5.83. The summed E-state index contributed by atoms with van der Waals surface area (Å²) in [4.78, 5) is 16.8. The Bertz CT molecular complexity index is 298. The first-order valence-corrected chi connectivity index (χ1v) is 6.56. The van der Waals surface area contributed by atoms with Crippen LogP contribution in [0.15, 0.2) is 0 Å². The van der Waals surface area contributed by atoms with Gasteiger partial charge in [-0.15, -0.1) is 0 Å². The van der Waals surface area contributed by atoms with Crippen molar-refractivity contribution in [3.05, 3.63) is 0 Å². The van der Waals surface area contributed by atoms with Crippen molar-refractivity contribution in [3.63, 3.8) is 0 Å². The Morgan fingerprint density at radius 3 is 1.82 bits per heavy atom. The number of rotatable bonds is 0. The van der Waals surface area contributed by atoms with E-state index in [0.29, 0.717) is 6.04 Å². The lowest BCUT2D eigenvalue weighted by atomic mass is 9.93. The highest BCUT2D eigenvalue weighted by Gasteiger charge is 2.43. The fourth-order valence-electron chi connectivity index (χ4n) is 3.01. The Balaban J connectivity index is 3.00. The highest BCUT2D eigenvalue weighted by Crippen LogP contribution is 2.29. The zero-order valence-corrected chi connectivity index (χ0v) is 12.7. The van der Waals surface area contributed by atoms with Crippen molar-refractivity contribution in [2.75, 3.05) is 6.54 Å². The molecule has 0 N–H and O–H groups in total. The van der Waals surface area contributed by atoms with Crippen molar-refractivity contribution in [1.82, 2.24) is 9.80 Å². The van der Waals surface area contributed by atoms with E-state index >= 15 is 0 Å². The molecule has 1 heterocycles. The van der Waals surface area contributed by atoms with Gasteiger partial charge in [0, 0.05) is 23.7 Å². The minimum absolute atomic E-state index is 0.0297. The summed E-state index contributed by atoms with van der Waals surface area (Å²) in [7, 11) is 0. The topological polar surface area (TPSA) is 23.6 Å². The molecule has 3 heteroatoms. The molecule has 1 aliphatic heterocycles. The zero-order chi connectivity index (χ0) is 13.6. The molecule has 3 nitrogen and oxygen atoms in total. The SMILES string of the molecule is CC1CN(C(C)(C)C)C(=O)C(C)N1C(C)(C)C. The minimum atomic E-state index is -0.0798. The second kappa shape index (κ2) is 4.27. The first-order valence-electron chi connectivity index (χ1n) is 6.56. The minimum Gasteiger partial charge on any atom is -0.335 e. The molecule has 0 aliphatic carbocycles. The second-order valence-corrected chi connectivity index (χ2v) is 7.22. The van der Waals surface area contributed by atoms with E-state index in [0.717, 1.165) is 6.54 Å². The van der Waals surface area contributed by atoms with Gasteiger partial charge in [0.2, 0.25) is 5.91 Å². The van der Waals surface area contributed by atoms with Gasteiger partial charge in [-0.3, -0.25) is 9.69 Å². The fraction of sp³-hybridized carbons (Fsp3) is 0.929. The van der Waals surface area contributed by atoms with Crippen LogP contribution in [0.4, 0.5) is 0 Å². The maximum absolute atomic E-state index is 12.5. The smallest absolute Gasteiger partial charge is 0.240 e. The molecule has 1 amide bonds. The van der Waals surface area contributed by atoms with Crippen LogP contribution in [0.5, 0.6) is 0 Å². The van der Waals surface area contributed by atoms with E-state index in [1.807, 2.05) is 11.8 Å². The van der Waals surface area contributed by atoms with Crippen LogP contribution in [0.1, 0.15) is 55.4 Å². The number of carbonyl (C=O) groups is 1. The zero-order valence-electron chi connectivity index (χ0n) is 12.7. The Kier molecular flexibility index (Phi) is 3.64. The third kappa shape index (κ3) is 2.82. The summed E-state index contributed by atoms with van der Waals surface area (Å²) in [5.41, 5.74) is -0.0396. The molecular weight excluding hydrogens is 212 g/mol. The summed E-state index contributed by atoms with van der Waals surface area (Å²) in [6.45, 7) is 17.9. The third-order valence-electron chi connectivity index (χ3n) is 3.55. The summed E-state index contributed by atoms with van der Waals surface area (Å²) in [5, 5.41) is 0. The van der Waals surface area contributed by atoms with Gasteiger partial charge >= 0.3 is 0 Å². The number of carbonyl (C=O) groups excluding carboxylic acids is 1. The van der Waals surface area contributed by atoms with Crippen molar-refractivity contribution in [2.45, 2.75) is 78.6 Å². The van der Waals surface area contributed by atoms with Crippen LogP contribution in [-0.4, -0.2) is 45.4 Å². The van der Waals surface area contributed by atoms with Gasteiger partial charge in [-0.25, -0.2) is 0 Å². The Morgan fingerprint density at radius 1 is 1.00 bits per heavy atom. The number of amides is 1. The quantitative estimate of drug-likeness (QED) is 0.649. The third-order valence-corrected chi connectivity index (χ3v) is 3.55. The van der Waals surface area contributed by atoms with Crippen LogP contribution in [0, 0.1) is 0 Å². The summed E-state index contributed by atoms with van der Waals surface area (Å²) in [6.07, 6.45) is 0. The molecule has 1 fully saturated rings. The maximum atomic E-state index is 12.5. The van der Waals surface area contributed by atoms with E-state index in [4.69, 9.17) is 0 Å². The van der Waals surface area contributed by atoms with Gasteiger partial charge in [0.1, 0.15) is 0 Å². The van der Waals surface area contributed by atoms with Gasteiger partial charge in [0.25, 0.3) is 0 Å². The molecule has 1 saturated heterocycles. The van der Waals surface area contributed by atoms with E-state index < -0.39 is 0 Å². The fourth-order valence-corrected chi connectivity index (χ4v) is 3.01. The standard InChI is InChI=1S/C14H28N2O/c1-10-9-15(13(3,4)5)12(17)11(2)16(10)14(6,7)8/h10-11H,9H2,1-8H3. The van der Waals surface area contributed by atoms with Gasteiger partial charge in [0.05, 0.1) is 6.04 Å². The Labute approximate surface area is 106 Å². The lowest BCUT2D eigenvalue weighted by molar-refractivity contribution is -0.155. The van der Waals surface area contributed by atoms with Crippen LogP contribution in [0.3, 0.4) is 0 Å². The maximum Gasteiger partial charge on any atom is 0.240 e. The van der Waals surface area contributed by atoms with Crippen LogP contribution >= 0.6 is 0 Å². The van der Waals surface area contributed by atoms with E-state index in [-0.39, 0.29) is 23.0 Å². The monoisotopic (exact) mass is 240 g/mol. The Morgan fingerprint density at radius 2 is 1.47 bits per heavy atom. The normalized spacial score (nSPS) is 28.7. The van der Waals surface area contributed by atoms with Gasteiger partial charge in [0.15, 0.2) is 0 Å². The van der Waals surface area contributed by atoms with E-state index in [1.54, 1.807) is 0 Å². The van der Waals surface area contributed by atoms with E-state index in [1.165, 1.54) is 0 Å². The molecule has 0 aromatic heterocycles. The first kappa shape index (κ1) is 14.5. The van der Waals surface area contributed by atoms with Gasteiger partial charge < -0.3 is 4.90 Å². The molecule has 0 aromatic rings. The molecule has 1 rings (SSSR count).